The molecule has 0 aliphatic carbocycles. The van der Waals surface area contributed by atoms with Crippen LogP contribution in [0.3, 0.4) is 0 Å². The van der Waals surface area contributed by atoms with E-state index in [1.807, 2.05) is 0 Å². The lowest BCUT2D eigenvalue weighted by Gasteiger charge is -2.09. The lowest BCUT2D eigenvalue weighted by Crippen LogP contribution is -2.02. The molecule has 82 valence electrons. The second kappa shape index (κ2) is 3.73. The number of ether oxygens (including phenoxy) is 1. The summed E-state index contributed by atoms with van der Waals surface area (Å²) < 4.78 is 4.91. The molecule has 0 aliphatic rings. The Morgan fingerprint density at radius 1 is 1.12 bits per heavy atom. The minimum Gasteiger partial charge on any atom is -0.507 e. The first-order valence-electron chi connectivity index (χ1n) is 4.71. The maximum Gasteiger partial charge on any atom is 0.308 e. The summed E-state index contributed by atoms with van der Waals surface area (Å²) in [6.45, 7) is 1.25. The van der Waals surface area contributed by atoms with Crippen molar-refractivity contribution in [2.24, 2.45) is 0 Å². The minimum atomic E-state index is -0.522. The third-order valence-corrected chi connectivity index (χ3v) is 2.20. The standard InChI is InChI=1S/C12H10O4/c1-7(13)16-12-9-5-3-2-4-8(9)10(14)6-11(12)15/h2-6,14-15H,1H3. The van der Waals surface area contributed by atoms with Crippen LogP contribution in [0, 0.1) is 0 Å². The molecule has 2 N–H and O–H groups in total. The summed E-state index contributed by atoms with van der Waals surface area (Å²) in [5.74, 6) is -0.762. The molecule has 4 nitrogen and oxygen atoms in total. The van der Waals surface area contributed by atoms with Crippen molar-refractivity contribution < 1.29 is 19.7 Å². The first-order valence-corrected chi connectivity index (χ1v) is 4.71. The average molecular weight is 218 g/mol. The number of carbonyl (C=O) groups excluding carboxylic acids is 1. The third-order valence-electron chi connectivity index (χ3n) is 2.20. The largest absolute Gasteiger partial charge is 0.507 e. The van der Waals surface area contributed by atoms with Crippen LogP contribution in [0.2, 0.25) is 0 Å². The second-order valence-electron chi connectivity index (χ2n) is 3.38. The van der Waals surface area contributed by atoms with Crippen molar-refractivity contribution in [1.82, 2.24) is 0 Å². The first-order chi connectivity index (χ1) is 7.59. The number of carbonyl (C=O) groups is 1. The van der Waals surface area contributed by atoms with Gasteiger partial charge in [0.05, 0.1) is 0 Å². The summed E-state index contributed by atoms with van der Waals surface area (Å²) in [7, 11) is 0. The Labute approximate surface area is 91.7 Å². The number of phenols is 2. The molecule has 0 spiro atoms. The van der Waals surface area contributed by atoms with Gasteiger partial charge in [0, 0.05) is 23.8 Å². The van der Waals surface area contributed by atoms with Gasteiger partial charge in [0.15, 0.2) is 11.5 Å². The van der Waals surface area contributed by atoms with E-state index in [0.717, 1.165) is 6.07 Å². The fraction of sp³-hybridized carbons (Fsp3) is 0.0833. The fourth-order valence-corrected chi connectivity index (χ4v) is 1.57. The van der Waals surface area contributed by atoms with Crippen LogP contribution >= 0.6 is 0 Å². The zero-order chi connectivity index (χ0) is 11.7. The fourth-order valence-electron chi connectivity index (χ4n) is 1.57. The number of hydrogen-bond acceptors (Lipinski definition) is 4. The molecule has 2 aromatic rings. The van der Waals surface area contributed by atoms with Crippen LogP contribution in [0.25, 0.3) is 10.8 Å². The molecule has 0 aliphatic heterocycles. The topological polar surface area (TPSA) is 66.8 Å². The molecule has 2 aromatic carbocycles. The van der Waals surface area contributed by atoms with Gasteiger partial charge in [0.2, 0.25) is 0 Å². The maximum absolute atomic E-state index is 10.9. The molecule has 0 aromatic heterocycles. The van der Waals surface area contributed by atoms with Crippen LogP contribution in [-0.4, -0.2) is 16.2 Å². The highest BCUT2D eigenvalue weighted by atomic mass is 16.5. The van der Waals surface area contributed by atoms with E-state index >= 15 is 0 Å². The van der Waals surface area contributed by atoms with Crippen LogP contribution < -0.4 is 4.74 Å². The Bertz CT molecular complexity index is 560. The number of benzene rings is 2. The van der Waals surface area contributed by atoms with Gasteiger partial charge in [-0.15, -0.1) is 0 Å². The van der Waals surface area contributed by atoms with Crippen LogP contribution in [0.5, 0.6) is 17.2 Å². The van der Waals surface area contributed by atoms with Gasteiger partial charge >= 0.3 is 5.97 Å². The zero-order valence-corrected chi connectivity index (χ0v) is 8.60. The first kappa shape index (κ1) is 10.3. The van der Waals surface area contributed by atoms with Crippen LogP contribution in [0.4, 0.5) is 0 Å². The molecule has 0 fully saturated rings. The van der Waals surface area contributed by atoms with Crippen molar-refractivity contribution in [2.75, 3.05) is 0 Å². The number of esters is 1. The molecule has 4 heteroatoms. The number of aromatic hydroxyl groups is 2. The van der Waals surface area contributed by atoms with Crippen molar-refractivity contribution in [2.45, 2.75) is 6.92 Å². The average Bonchev–Trinajstić information content (AvgIpc) is 2.24. The highest BCUT2D eigenvalue weighted by Gasteiger charge is 2.13. The molecular weight excluding hydrogens is 208 g/mol. The minimum absolute atomic E-state index is 0.0518. The SMILES string of the molecule is CC(=O)Oc1c(O)cc(O)c2ccccc12. The van der Waals surface area contributed by atoms with Gasteiger partial charge in [-0.2, -0.15) is 0 Å². The summed E-state index contributed by atoms with van der Waals surface area (Å²) in [5, 5.41) is 20.2. The smallest absolute Gasteiger partial charge is 0.308 e. The summed E-state index contributed by atoms with van der Waals surface area (Å²) in [4.78, 5) is 10.9. The van der Waals surface area contributed by atoms with E-state index < -0.39 is 5.97 Å². The predicted octanol–water partition coefficient (Wildman–Crippen LogP) is 2.18. The van der Waals surface area contributed by atoms with Crippen molar-refractivity contribution >= 4 is 16.7 Å². The van der Waals surface area contributed by atoms with E-state index in [4.69, 9.17) is 4.74 Å². The molecule has 0 saturated heterocycles. The van der Waals surface area contributed by atoms with E-state index in [1.54, 1.807) is 24.3 Å². The van der Waals surface area contributed by atoms with Gasteiger partial charge in [-0.25, -0.2) is 0 Å². The molecule has 0 saturated carbocycles. The van der Waals surface area contributed by atoms with E-state index in [0.29, 0.717) is 10.8 Å². The number of phenolic OH excluding ortho intramolecular Hbond substituents is 2. The molecule has 0 amide bonds. The Morgan fingerprint density at radius 3 is 2.38 bits per heavy atom. The van der Waals surface area contributed by atoms with E-state index in [2.05, 4.69) is 0 Å². The molecular formula is C12H10O4. The zero-order valence-electron chi connectivity index (χ0n) is 8.60. The lowest BCUT2D eigenvalue weighted by atomic mass is 10.1. The van der Waals surface area contributed by atoms with Gasteiger partial charge in [0.1, 0.15) is 5.75 Å². The van der Waals surface area contributed by atoms with Crippen LogP contribution in [0.15, 0.2) is 30.3 Å². The van der Waals surface area contributed by atoms with E-state index in [-0.39, 0.29) is 17.2 Å². The van der Waals surface area contributed by atoms with Crippen molar-refractivity contribution in [1.29, 1.82) is 0 Å². The van der Waals surface area contributed by atoms with Crippen molar-refractivity contribution in [3.8, 4) is 17.2 Å². The molecule has 0 radical (unpaired) electrons. The normalized spacial score (nSPS) is 10.3. The third kappa shape index (κ3) is 1.65. The van der Waals surface area contributed by atoms with Crippen LogP contribution in [-0.2, 0) is 4.79 Å². The lowest BCUT2D eigenvalue weighted by molar-refractivity contribution is -0.131. The van der Waals surface area contributed by atoms with E-state index in [1.165, 1.54) is 6.92 Å². The molecule has 0 atom stereocenters. The Morgan fingerprint density at radius 2 is 1.75 bits per heavy atom. The summed E-state index contributed by atoms with van der Waals surface area (Å²) >= 11 is 0. The Balaban J connectivity index is 2.76. The van der Waals surface area contributed by atoms with Gasteiger partial charge in [0.25, 0.3) is 0 Å². The predicted molar refractivity (Wildman–Crippen MR) is 58.6 cm³/mol. The Hall–Kier alpha value is -2.23. The van der Waals surface area contributed by atoms with Gasteiger partial charge in [-0.1, -0.05) is 24.3 Å². The Kier molecular flexibility index (Phi) is 2.40. The van der Waals surface area contributed by atoms with Crippen molar-refractivity contribution in [3.05, 3.63) is 30.3 Å². The summed E-state index contributed by atoms with van der Waals surface area (Å²) in [6.07, 6.45) is 0. The van der Waals surface area contributed by atoms with Gasteiger partial charge < -0.3 is 14.9 Å². The molecule has 2 rings (SSSR count). The van der Waals surface area contributed by atoms with Gasteiger partial charge in [-0.05, 0) is 0 Å². The van der Waals surface area contributed by atoms with Gasteiger partial charge in [-0.3, -0.25) is 4.79 Å². The highest BCUT2D eigenvalue weighted by molar-refractivity contribution is 5.96. The quantitative estimate of drug-likeness (QED) is 0.568. The summed E-state index contributed by atoms with van der Waals surface area (Å²) in [6, 6.07) is 7.97. The molecule has 0 bridgehead atoms. The molecule has 0 unspecified atom stereocenters. The van der Waals surface area contributed by atoms with Crippen LogP contribution in [0.1, 0.15) is 6.92 Å². The summed E-state index contributed by atoms with van der Waals surface area (Å²) in [5.41, 5.74) is 0. The molecule has 16 heavy (non-hydrogen) atoms. The highest BCUT2D eigenvalue weighted by Crippen LogP contribution is 2.40. The van der Waals surface area contributed by atoms with E-state index in [9.17, 15) is 15.0 Å². The monoisotopic (exact) mass is 218 g/mol. The maximum atomic E-state index is 10.9. The molecule has 0 heterocycles. The van der Waals surface area contributed by atoms with Crippen molar-refractivity contribution in [3.63, 3.8) is 0 Å². The second-order valence-corrected chi connectivity index (χ2v) is 3.38. The number of rotatable bonds is 1. The number of fused-ring (bicyclic) bond motifs is 1. The number of hydrogen-bond donors (Lipinski definition) is 2.